The molecule has 1 aromatic carbocycles. The van der Waals surface area contributed by atoms with E-state index in [1.54, 1.807) is 6.07 Å². The Morgan fingerprint density at radius 3 is 2.67 bits per heavy atom. The van der Waals surface area contributed by atoms with Crippen LogP contribution in [0.4, 0.5) is 0 Å². The standard InChI is InChI=1S/C19H24O5/c1-5-6-7-8-12-22-17-14-10-9-11-15(21-4)16(14)24-19(20)18(17)23-13(2)3/h6-7,9-11,13H,5,8,12H2,1-4H3/b7-6+. The third kappa shape index (κ3) is 4.10. The summed E-state index contributed by atoms with van der Waals surface area (Å²) in [6.07, 6.45) is 5.70. The zero-order valence-electron chi connectivity index (χ0n) is 14.6. The van der Waals surface area contributed by atoms with Gasteiger partial charge >= 0.3 is 5.63 Å². The van der Waals surface area contributed by atoms with Gasteiger partial charge in [0.1, 0.15) is 0 Å². The summed E-state index contributed by atoms with van der Waals surface area (Å²) in [5.74, 6) is 0.986. The molecular formula is C19H24O5. The van der Waals surface area contributed by atoms with E-state index in [9.17, 15) is 4.79 Å². The van der Waals surface area contributed by atoms with Gasteiger partial charge in [-0.3, -0.25) is 0 Å². The second kappa shape index (κ2) is 8.43. The van der Waals surface area contributed by atoms with E-state index >= 15 is 0 Å². The van der Waals surface area contributed by atoms with E-state index in [1.165, 1.54) is 7.11 Å². The van der Waals surface area contributed by atoms with Gasteiger partial charge in [0.05, 0.1) is 25.2 Å². The molecular weight excluding hydrogens is 308 g/mol. The Morgan fingerprint density at radius 1 is 1.21 bits per heavy atom. The molecule has 1 aromatic heterocycles. The van der Waals surface area contributed by atoms with Crippen molar-refractivity contribution in [2.24, 2.45) is 0 Å². The monoisotopic (exact) mass is 332 g/mol. The van der Waals surface area contributed by atoms with Crippen LogP contribution in [0.2, 0.25) is 0 Å². The number of benzene rings is 1. The Balaban J connectivity index is 2.49. The summed E-state index contributed by atoms with van der Waals surface area (Å²) in [5.41, 5.74) is -0.208. The Kier molecular flexibility index (Phi) is 6.29. The predicted molar refractivity (Wildman–Crippen MR) is 94.3 cm³/mol. The van der Waals surface area contributed by atoms with Crippen LogP contribution in [0, 0.1) is 0 Å². The minimum atomic E-state index is -0.570. The number of hydrogen-bond acceptors (Lipinski definition) is 5. The van der Waals surface area contributed by atoms with Gasteiger partial charge in [0.15, 0.2) is 17.1 Å². The van der Waals surface area contributed by atoms with Crippen molar-refractivity contribution in [3.63, 3.8) is 0 Å². The molecule has 0 amide bonds. The molecule has 2 rings (SSSR count). The SMILES string of the molecule is CC/C=C/CCOc1c(OC(C)C)c(=O)oc2c(OC)cccc12. The lowest BCUT2D eigenvalue weighted by Crippen LogP contribution is -2.15. The van der Waals surface area contributed by atoms with E-state index in [-0.39, 0.29) is 11.9 Å². The molecule has 0 bridgehead atoms. The van der Waals surface area contributed by atoms with Crippen molar-refractivity contribution in [1.29, 1.82) is 0 Å². The van der Waals surface area contributed by atoms with Crippen molar-refractivity contribution in [3.05, 3.63) is 40.8 Å². The third-order valence-corrected chi connectivity index (χ3v) is 3.32. The van der Waals surface area contributed by atoms with Gasteiger partial charge < -0.3 is 18.6 Å². The van der Waals surface area contributed by atoms with E-state index in [4.69, 9.17) is 18.6 Å². The van der Waals surface area contributed by atoms with Gasteiger partial charge in [0.2, 0.25) is 5.75 Å². The van der Waals surface area contributed by atoms with Crippen molar-refractivity contribution in [2.75, 3.05) is 13.7 Å². The molecule has 24 heavy (non-hydrogen) atoms. The Hall–Kier alpha value is -2.43. The summed E-state index contributed by atoms with van der Waals surface area (Å²) >= 11 is 0. The number of fused-ring (bicyclic) bond motifs is 1. The lowest BCUT2D eigenvalue weighted by Gasteiger charge is -2.16. The minimum Gasteiger partial charge on any atom is -0.493 e. The first-order chi connectivity index (χ1) is 11.6. The van der Waals surface area contributed by atoms with Gasteiger partial charge in [-0.2, -0.15) is 0 Å². The van der Waals surface area contributed by atoms with Crippen LogP contribution in [-0.2, 0) is 0 Å². The number of para-hydroxylation sites is 1. The Bertz CT molecular complexity index is 758. The fourth-order valence-corrected chi connectivity index (χ4v) is 2.31. The maximum absolute atomic E-state index is 12.4. The smallest absolute Gasteiger partial charge is 0.383 e. The number of allylic oxidation sites excluding steroid dienone is 1. The van der Waals surface area contributed by atoms with Gasteiger partial charge in [-0.25, -0.2) is 4.79 Å². The summed E-state index contributed by atoms with van der Waals surface area (Å²) in [7, 11) is 1.53. The summed E-state index contributed by atoms with van der Waals surface area (Å²) in [6, 6.07) is 5.39. The second-order valence-corrected chi connectivity index (χ2v) is 5.57. The maximum atomic E-state index is 12.4. The first kappa shape index (κ1) is 17.9. The lowest BCUT2D eigenvalue weighted by atomic mass is 10.2. The van der Waals surface area contributed by atoms with E-state index in [0.29, 0.717) is 29.1 Å². The highest BCUT2D eigenvalue weighted by atomic mass is 16.5. The van der Waals surface area contributed by atoms with Crippen LogP contribution in [0.25, 0.3) is 11.0 Å². The molecule has 0 saturated carbocycles. The molecule has 0 aliphatic rings. The molecule has 0 spiro atoms. The molecule has 0 aliphatic carbocycles. The third-order valence-electron chi connectivity index (χ3n) is 3.32. The van der Waals surface area contributed by atoms with Crippen LogP contribution in [0.5, 0.6) is 17.2 Å². The number of hydrogen-bond donors (Lipinski definition) is 0. The van der Waals surface area contributed by atoms with Crippen LogP contribution >= 0.6 is 0 Å². The molecule has 0 atom stereocenters. The van der Waals surface area contributed by atoms with E-state index in [1.807, 2.05) is 26.0 Å². The molecule has 0 aliphatic heterocycles. The molecule has 5 heteroatoms. The largest absolute Gasteiger partial charge is 0.493 e. The van der Waals surface area contributed by atoms with E-state index in [2.05, 4.69) is 19.1 Å². The van der Waals surface area contributed by atoms with Gasteiger partial charge in [-0.1, -0.05) is 25.1 Å². The molecule has 0 saturated heterocycles. The summed E-state index contributed by atoms with van der Waals surface area (Å²) in [4.78, 5) is 12.4. The van der Waals surface area contributed by atoms with Crippen LogP contribution in [0.15, 0.2) is 39.6 Å². The lowest BCUT2D eigenvalue weighted by molar-refractivity contribution is 0.212. The predicted octanol–water partition coefficient (Wildman–Crippen LogP) is 4.32. The summed E-state index contributed by atoms with van der Waals surface area (Å²) in [6.45, 7) is 6.22. The van der Waals surface area contributed by atoms with Crippen molar-refractivity contribution < 1.29 is 18.6 Å². The fraction of sp³-hybridized carbons (Fsp3) is 0.421. The first-order valence-electron chi connectivity index (χ1n) is 8.16. The first-order valence-corrected chi connectivity index (χ1v) is 8.16. The molecule has 130 valence electrons. The minimum absolute atomic E-state index is 0.102. The second-order valence-electron chi connectivity index (χ2n) is 5.57. The van der Waals surface area contributed by atoms with Gasteiger partial charge in [-0.05, 0) is 38.8 Å². The molecule has 5 nitrogen and oxygen atoms in total. The van der Waals surface area contributed by atoms with Crippen LogP contribution in [-0.4, -0.2) is 19.8 Å². The fourth-order valence-electron chi connectivity index (χ4n) is 2.31. The molecule has 1 heterocycles. The topological polar surface area (TPSA) is 57.9 Å². The van der Waals surface area contributed by atoms with Crippen molar-refractivity contribution in [1.82, 2.24) is 0 Å². The molecule has 2 aromatic rings. The van der Waals surface area contributed by atoms with Crippen molar-refractivity contribution in [3.8, 4) is 17.2 Å². The maximum Gasteiger partial charge on any atom is 0.383 e. The quantitative estimate of drug-likeness (QED) is 0.409. The zero-order valence-corrected chi connectivity index (χ0v) is 14.6. The number of methoxy groups -OCH3 is 1. The number of ether oxygens (including phenoxy) is 3. The average Bonchev–Trinajstić information content (AvgIpc) is 2.56. The summed E-state index contributed by atoms with van der Waals surface area (Å²) < 4.78 is 22.2. The highest BCUT2D eigenvalue weighted by molar-refractivity contribution is 5.89. The van der Waals surface area contributed by atoms with Gasteiger partial charge in [-0.15, -0.1) is 0 Å². The van der Waals surface area contributed by atoms with Gasteiger partial charge in [0.25, 0.3) is 0 Å². The Morgan fingerprint density at radius 2 is 2.00 bits per heavy atom. The normalized spacial score (nSPS) is 11.4. The number of rotatable bonds is 8. The zero-order chi connectivity index (χ0) is 17.5. The van der Waals surface area contributed by atoms with Gasteiger partial charge in [0, 0.05) is 0 Å². The highest BCUT2D eigenvalue weighted by Crippen LogP contribution is 2.37. The van der Waals surface area contributed by atoms with Crippen LogP contribution in [0.3, 0.4) is 0 Å². The Labute approximate surface area is 141 Å². The van der Waals surface area contributed by atoms with E-state index in [0.717, 1.165) is 12.8 Å². The molecule has 0 unspecified atom stereocenters. The van der Waals surface area contributed by atoms with E-state index < -0.39 is 5.63 Å². The van der Waals surface area contributed by atoms with Crippen molar-refractivity contribution >= 4 is 11.0 Å². The molecule has 0 N–H and O–H groups in total. The molecule has 0 radical (unpaired) electrons. The van der Waals surface area contributed by atoms with Crippen molar-refractivity contribution in [2.45, 2.75) is 39.7 Å². The average molecular weight is 332 g/mol. The highest BCUT2D eigenvalue weighted by Gasteiger charge is 2.20. The van der Waals surface area contributed by atoms with Crippen LogP contribution < -0.4 is 19.8 Å². The summed E-state index contributed by atoms with van der Waals surface area (Å²) in [5, 5.41) is 0.657. The van der Waals surface area contributed by atoms with Crippen LogP contribution in [0.1, 0.15) is 33.6 Å². The molecule has 0 fully saturated rings.